The SMILES string of the molecule is C=C1Nc2c(F)cc(C(F)(F)F)cc2C(C)N1N=C(C)C.C=CC. The number of hydrogen-bond acceptors (Lipinski definition) is 3. The third kappa shape index (κ3) is 4.37. The zero-order chi connectivity index (χ0) is 18.7. The molecule has 0 spiro atoms. The molecule has 132 valence electrons. The number of rotatable bonds is 1. The van der Waals surface area contributed by atoms with Gasteiger partial charge in [-0.25, -0.2) is 9.40 Å². The standard InChI is InChI=1S/C14H15F4N3.C3H6/c1-7(2)20-21-8(3)11-5-10(14(16,17)18)6-12(15)13(11)19-9(21)4;1-3-2/h5-6,8,19H,4H2,1-3H3;3H,1H2,2H3. The largest absolute Gasteiger partial charge is 0.416 e. The maximum Gasteiger partial charge on any atom is 0.416 e. The molecule has 3 nitrogen and oxygen atoms in total. The number of anilines is 1. The number of allylic oxidation sites excluding steroid dienone is 1. The Morgan fingerprint density at radius 3 is 2.33 bits per heavy atom. The summed E-state index contributed by atoms with van der Waals surface area (Å²) in [5, 5.41) is 8.32. The zero-order valence-corrected chi connectivity index (χ0v) is 14.1. The lowest BCUT2D eigenvalue weighted by atomic mass is 9.99. The van der Waals surface area contributed by atoms with Crippen molar-refractivity contribution in [3.8, 4) is 0 Å². The summed E-state index contributed by atoms with van der Waals surface area (Å²) in [6, 6.07) is 0.867. The van der Waals surface area contributed by atoms with Gasteiger partial charge in [-0.15, -0.1) is 6.58 Å². The van der Waals surface area contributed by atoms with Crippen LogP contribution >= 0.6 is 0 Å². The molecule has 1 unspecified atom stereocenters. The molecule has 0 aromatic heterocycles. The molecule has 1 atom stereocenters. The third-order valence-corrected chi connectivity index (χ3v) is 3.12. The summed E-state index contributed by atoms with van der Waals surface area (Å²) in [7, 11) is 0. The Hall–Kier alpha value is -2.31. The average molecular weight is 343 g/mol. The first-order valence-corrected chi connectivity index (χ1v) is 7.27. The normalized spacial score (nSPS) is 16.4. The van der Waals surface area contributed by atoms with Crippen molar-refractivity contribution in [1.29, 1.82) is 0 Å². The molecule has 1 aromatic carbocycles. The van der Waals surface area contributed by atoms with E-state index >= 15 is 0 Å². The fourth-order valence-corrected chi connectivity index (χ4v) is 2.18. The van der Waals surface area contributed by atoms with E-state index < -0.39 is 23.6 Å². The highest BCUT2D eigenvalue weighted by atomic mass is 19.4. The van der Waals surface area contributed by atoms with Crippen molar-refractivity contribution in [1.82, 2.24) is 5.01 Å². The summed E-state index contributed by atoms with van der Waals surface area (Å²) in [4.78, 5) is 0. The fourth-order valence-electron chi connectivity index (χ4n) is 2.18. The first-order chi connectivity index (χ1) is 11.0. The number of halogens is 4. The van der Waals surface area contributed by atoms with E-state index in [9.17, 15) is 17.6 Å². The van der Waals surface area contributed by atoms with Crippen molar-refractivity contribution < 1.29 is 17.6 Å². The van der Waals surface area contributed by atoms with Crippen LogP contribution in [0.3, 0.4) is 0 Å². The minimum absolute atomic E-state index is 0.0145. The highest BCUT2D eigenvalue weighted by molar-refractivity contribution is 5.79. The Bertz CT molecular complexity index is 659. The van der Waals surface area contributed by atoms with E-state index in [1.165, 1.54) is 5.01 Å². The van der Waals surface area contributed by atoms with Crippen LogP contribution in [0.15, 0.2) is 42.3 Å². The van der Waals surface area contributed by atoms with Gasteiger partial charge in [0.25, 0.3) is 0 Å². The maximum atomic E-state index is 13.9. The first kappa shape index (κ1) is 19.7. The number of alkyl halides is 3. The highest BCUT2D eigenvalue weighted by Crippen LogP contribution is 2.41. The number of benzene rings is 1. The van der Waals surface area contributed by atoms with Gasteiger partial charge in [0.05, 0.1) is 17.3 Å². The molecule has 24 heavy (non-hydrogen) atoms. The van der Waals surface area contributed by atoms with E-state index in [0.29, 0.717) is 17.6 Å². The molecule has 0 fully saturated rings. The van der Waals surface area contributed by atoms with Crippen LogP contribution in [-0.2, 0) is 6.18 Å². The van der Waals surface area contributed by atoms with Crippen molar-refractivity contribution in [3.63, 3.8) is 0 Å². The predicted octanol–water partition coefficient (Wildman–Crippen LogP) is 5.69. The summed E-state index contributed by atoms with van der Waals surface area (Å²) < 4.78 is 52.3. The first-order valence-electron chi connectivity index (χ1n) is 7.27. The molecule has 1 heterocycles. The van der Waals surface area contributed by atoms with Gasteiger partial charge in [-0.1, -0.05) is 12.7 Å². The van der Waals surface area contributed by atoms with Crippen LogP contribution in [0, 0.1) is 5.82 Å². The van der Waals surface area contributed by atoms with Crippen molar-refractivity contribution in [2.24, 2.45) is 5.10 Å². The van der Waals surface area contributed by atoms with E-state index in [1.54, 1.807) is 26.8 Å². The van der Waals surface area contributed by atoms with Crippen LogP contribution in [0.1, 0.15) is 44.9 Å². The monoisotopic (exact) mass is 343 g/mol. The maximum absolute atomic E-state index is 13.9. The Kier molecular flexibility index (Phi) is 6.17. The number of nitrogens with one attached hydrogen (secondary N) is 1. The van der Waals surface area contributed by atoms with Gasteiger partial charge in [-0.3, -0.25) is 0 Å². The van der Waals surface area contributed by atoms with Crippen molar-refractivity contribution >= 4 is 11.4 Å². The van der Waals surface area contributed by atoms with Crippen LogP contribution in [0.5, 0.6) is 0 Å². The molecule has 0 radical (unpaired) electrons. The van der Waals surface area contributed by atoms with E-state index in [1.807, 2.05) is 6.92 Å². The van der Waals surface area contributed by atoms with Gasteiger partial charge < -0.3 is 5.32 Å². The zero-order valence-electron chi connectivity index (χ0n) is 14.1. The molecule has 1 aliphatic rings. The topological polar surface area (TPSA) is 27.6 Å². The van der Waals surface area contributed by atoms with Crippen LogP contribution in [0.2, 0.25) is 0 Å². The minimum atomic E-state index is -4.60. The molecule has 0 saturated heterocycles. The predicted molar refractivity (Wildman–Crippen MR) is 89.1 cm³/mol. The van der Waals surface area contributed by atoms with Gasteiger partial charge >= 0.3 is 6.18 Å². The Morgan fingerprint density at radius 1 is 1.33 bits per heavy atom. The molecular weight excluding hydrogens is 322 g/mol. The van der Waals surface area contributed by atoms with Gasteiger partial charge in [-0.05, 0) is 39.8 Å². The highest BCUT2D eigenvalue weighted by Gasteiger charge is 2.35. The molecule has 0 bridgehead atoms. The summed E-state index contributed by atoms with van der Waals surface area (Å²) in [6.07, 6.45) is -2.85. The summed E-state index contributed by atoms with van der Waals surface area (Å²) in [5.41, 5.74) is -0.0989. The van der Waals surface area contributed by atoms with Crippen LogP contribution in [-0.4, -0.2) is 10.7 Å². The molecule has 1 N–H and O–H groups in total. The summed E-state index contributed by atoms with van der Waals surface area (Å²) in [5.74, 6) is -0.639. The van der Waals surface area contributed by atoms with Crippen LogP contribution in [0.25, 0.3) is 0 Å². The fraction of sp³-hybridized carbons (Fsp3) is 0.353. The molecule has 0 saturated carbocycles. The summed E-state index contributed by atoms with van der Waals surface area (Å²) >= 11 is 0. The molecule has 0 amide bonds. The van der Waals surface area contributed by atoms with Crippen molar-refractivity contribution in [3.05, 3.63) is 54.1 Å². The molecule has 7 heteroatoms. The smallest absolute Gasteiger partial charge is 0.338 e. The quantitative estimate of drug-likeness (QED) is 0.403. The number of fused-ring (bicyclic) bond motifs is 1. The van der Waals surface area contributed by atoms with E-state index in [-0.39, 0.29) is 11.3 Å². The Balaban J connectivity index is 0.000000891. The molecule has 2 rings (SSSR count). The van der Waals surface area contributed by atoms with Crippen molar-refractivity contribution in [2.45, 2.75) is 39.9 Å². The number of hydrazone groups is 1. The van der Waals surface area contributed by atoms with E-state index in [4.69, 9.17) is 0 Å². The van der Waals surface area contributed by atoms with E-state index in [2.05, 4.69) is 23.6 Å². The van der Waals surface area contributed by atoms with Gasteiger partial charge in [0, 0.05) is 11.3 Å². The second kappa shape index (κ2) is 7.51. The number of hydrogen-bond donors (Lipinski definition) is 1. The van der Waals surface area contributed by atoms with Crippen molar-refractivity contribution in [2.75, 3.05) is 5.32 Å². The van der Waals surface area contributed by atoms with Gasteiger partial charge in [0.1, 0.15) is 11.6 Å². The van der Waals surface area contributed by atoms with Gasteiger partial charge in [0.15, 0.2) is 0 Å². The molecular formula is C17H21F4N3. The second-order valence-electron chi connectivity index (χ2n) is 5.47. The van der Waals surface area contributed by atoms with Gasteiger partial charge in [0.2, 0.25) is 0 Å². The van der Waals surface area contributed by atoms with Gasteiger partial charge in [-0.2, -0.15) is 18.3 Å². The van der Waals surface area contributed by atoms with Crippen LogP contribution in [0.4, 0.5) is 23.2 Å². The molecule has 1 aliphatic heterocycles. The third-order valence-electron chi connectivity index (χ3n) is 3.12. The Morgan fingerprint density at radius 2 is 1.88 bits per heavy atom. The molecule has 0 aliphatic carbocycles. The minimum Gasteiger partial charge on any atom is -0.338 e. The Labute approximate surface area is 139 Å². The molecule has 1 aromatic rings. The lowest BCUT2D eigenvalue weighted by molar-refractivity contribution is -0.137. The lowest BCUT2D eigenvalue weighted by Crippen LogP contribution is -2.31. The van der Waals surface area contributed by atoms with E-state index in [0.717, 1.165) is 6.07 Å². The summed E-state index contributed by atoms with van der Waals surface area (Å²) in [6.45, 7) is 14.1. The average Bonchev–Trinajstić information content (AvgIpc) is 2.44. The lowest BCUT2D eigenvalue weighted by Gasteiger charge is -2.36. The van der Waals surface area contributed by atoms with Crippen LogP contribution < -0.4 is 5.32 Å². The second-order valence-corrected chi connectivity index (χ2v) is 5.47. The number of nitrogens with zero attached hydrogens (tertiary/aromatic N) is 2.